The third-order valence-electron chi connectivity index (χ3n) is 3.76. The molecule has 0 bridgehead atoms. The Morgan fingerprint density at radius 1 is 1.25 bits per heavy atom. The molecule has 0 atom stereocenters. The molecule has 0 unspecified atom stereocenters. The van der Waals surface area contributed by atoms with Crippen LogP contribution in [0.2, 0.25) is 5.28 Å². The number of aryl methyl sites for hydroxylation is 1. The summed E-state index contributed by atoms with van der Waals surface area (Å²) in [4.78, 5) is 38.8. The van der Waals surface area contributed by atoms with Gasteiger partial charge < -0.3 is 4.57 Å². The first-order valence-electron chi connectivity index (χ1n) is 6.86. The molecule has 0 aliphatic rings. The van der Waals surface area contributed by atoms with Gasteiger partial charge in [0.1, 0.15) is 0 Å². The lowest BCUT2D eigenvalue weighted by molar-refractivity contribution is -0.384. The zero-order valence-electron chi connectivity index (χ0n) is 12.8. The zero-order chi connectivity index (χ0) is 17.6. The highest BCUT2D eigenvalue weighted by atomic mass is 35.5. The molecule has 0 aliphatic heterocycles. The lowest BCUT2D eigenvalue weighted by atomic mass is 10.2. The highest BCUT2D eigenvalue weighted by Gasteiger charge is 2.18. The number of fused-ring (bicyclic) bond motifs is 1. The fourth-order valence-corrected chi connectivity index (χ4v) is 2.74. The van der Waals surface area contributed by atoms with Gasteiger partial charge in [-0.25, -0.2) is 4.79 Å². The number of nitro groups is 1. The summed E-state index contributed by atoms with van der Waals surface area (Å²) in [6.45, 7) is 0.116. The van der Waals surface area contributed by atoms with E-state index in [0.717, 1.165) is 4.57 Å². The van der Waals surface area contributed by atoms with E-state index in [4.69, 9.17) is 11.6 Å². The third-order valence-corrected chi connectivity index (χ3v) is 4.05. The van der Waals surface area contributed by atoms with Gasteiger partial charge in [-0.1, -0.05) is 12.1 Å². The average Bonchev–Trinajstić information content (AvgIpc) is 2.88. The van der Waals surface area contributed by atoms with Gasteiger partial charge >= 0.3 is 5.69 Å². The third kappa shape index (κ3) is 2.38. The minimum atomic E-state index is -0.530. The molecule has 124 valence electrons. The number of hydrogen-bond donors (Lipinski definition) is 0. The second-order valence-electron chi connectivity index (χ2n) is 5.27. The van der Waals surface area contributed by atoms with Crippen molar-refractivity contribution in [3.63, 3.8) is 0 Å². The Kier molecular flexibility index (Phi) is 3.72. The number of benzene rings is 1. The van der Waals surface area contributed by atoms with Crippen LogP contribution >= 0.6 is 11.6 Å². The van der Waals surface area contributed by atoms with Gasteiger partial charge in [0.05, 0.1) is 11.5 Å². The first-order chi connectivity index (χ1) is 11.3. The maximum Gasteiger partial charge on any atom is 0.332 e. The summed E-state index contributed by atoms with van der Waals surface area (Å²) in [5.41, 5.74) is -0.189. The predicted octanol–water partition coefficient (Wildman–Crippen LogP) is 1.04. The minimum absolute atomic E-state index is 0.0230. The van der Waals surface area contributed by atoms with Crippen LogP contribution in [-0.2, 0) is 20.6 Å². The number of non-ortho nitro benzene ring substituents is 1. The van der Waals surface area contributed by atoms with Crippen LogP contribution in [-0.4, -0.2) is 23.6 Å². The van der Waals surface area contributed by atoms with Gasteiger partial charge in [0, 0.05) is 26.2 Å². The van der Waals surface area contributed by atoms with E-state index in [0.29, 0.717) is 5.56 Å². The molecule has 0 saturated heterocycles. The Labute approximate surface area is 139 Å². The number of aromatic nitrogens is 4. The summed E-state index contributed by atoms with van der Waals surface area (Å²) >= 11 is 6.12. The molecule has 10 heteroatoms. The van der Waals surface area contributed by atoms with Crippen LogP contribution < -0.4 is 11.2 Å². The van der Waals surface area contributed by atoms with Gasteiger partial charge in [0.25, 0.3) is 11.2 Å². The Morgan fingerprint density at radius 2 is 1.96 bits per heavy atom. The van der Waals surface area contributed by atoms with Gasteiger partial charge in [0.2, 0.25) is 5.28 Å². The Hall–Kier alpha value is -2.94. The number of imidazole rings is 1. The van der Waals surface area contributed by atoms with Crippen LogP contribution in [0.5, 0.6) is 0 Å². The van der Waals surface area contributed by atoms with E-state index in [9.17, 15) is 19.7 Å². The zero-order valence-corrected chi connectivity index (χ0v) is 13.5. The second-order valence-corrected chi connectivity index (χ2v) is 5.61. The van der Waals surface area contributed by atoms with E-state index in [1.165, 1.54) is 35.4 Å². The van der Waals surface area contributed by atoms with Crippen molar-refractivity contribution in [2.24, 2.45) is 14.1 Å². The summed E-state index contributed by atoms with van der Waals surface area (Å²) in [5.74, 6) is 0. The summed E-state index contributed by atoms with van der Waals surface area (Å²) in [7, 11) is 2.86. The summed E-state index contributed by atoms with van der Waals surface area (Å²) in [6, 6.07) is 6.00. The maximum atomic E-state index is 12.4. The van der Waals surface area contributed by atoms with E-state index in [-0.39, 0.29) is 28.7 Å². The molecule has 1 aromatic carbocycles. The van der Waals surface area contributed by atoms with Crippen molar-refractivity contribution in [2.45, 2.75) is 6.54 Å². The molecule has 0 N–H and O–H groups in total. The summed E-state index contributed by atoms with van der Waals surface area (Å²) in [6.07, 6.45) is 0. The first kappa shape index (κ1) is 15.9. The molecule has 0 radical (unpaired) electrons. The number of nitro benzene ring substituents is 1. The molecule has 0 spiro atoms. The van der Waals surface area contributed by atoms with E-state index >= 15 is 0 Å². The topological polar surface area (TPSA) is 105 Å². The van der Waals surface area contributed by atoms with Crippen LogP contribution in [0.4, 0.5) is 5.69 Å². The molecule has 3 rings (SSSR count). The van der Waals surface area contributed by atoms with E-state index in [1.54, 1.807) is 12.1 Å². The molecule has 9 nitrogen and oxygen atoms in total. The molecule has 0 fully saturated rings. The predicted molar refractivity (Wildman–Crippen MR) is 87.4 cm³/mol. The van der Waals surface area contributed by atoms with Crippen LogP contribution in [0.3, 0.4) is 0 Å². The van der Waals surface area contributed by atoms with E-state index in [1.807, 2.05) is 0 Å². The number of hydrogen-bond acceptors (Lipinski definition) is 5. The van der Waals surface area contributed by atoms with Crippen LogP contribution in [0.25, 0.3) is 11.2 Å². The molecule has 24 heavy (non-hydrogen) atoms. The van der Waals surface area contributed by atoms with Crippen LogP contribution in [0.15, 0.2) is 33.9 Å². The summed E-state index contributed by atoms with van der Waals surface area (Å²) < 4.78 is 3.62. The fraction of sp³-hybridized carbons (Fsp3) is 0.214. The monoisotopic (exact) mass is 349 g/mol. The van der Waals surface area contributed by atoms with Crippen LogP contribution in [0, 0.1) is 10.1 Å². The quantitative estimate of drug-likeness (QED) is 0.399. The highest BCUT2D eigenvalue weighted by Crippen LogP contribution is 2.20. The molecule has 0 amide bonds. The van der Waals surface area contributed by atoms with Crippen molar-refractivity contribution in [2.75, 3.05) is 0 Å². The molecule has 2 heterocycles. The van der Waals surface area contributed by atoms with Crippen molar-refractivity contribution in [3.8, 4) is 0 Å². The van der Waals surface area contributed by atoms with Gasteiger partial charge in [-0.05, 0) is 17.2 Å². The number of rotatable bonds is 3. The van der Waals surface area contributed by atoms with Crippen molar-refractivity contribution in [3.05, 3.63) is 66.1 Å². The fourth-order valence-electron chi connectivity index (χ4n) is 2.52. The molecular weight excluding hydrogens is 338 g/mol. The Balaban J connectivity index is 2.23. The maximum absolute atomic E-state index is 12.4. The lowest BCUT2D eigenvalue weighted by Gasteiger charge is -2.07. The molecular formula is C14H12ClN5O4. The van der Waals surface area contributed by atoms with Gasteiger partial charge in [0.15, 0.2) is 11.2 Å². The van der Waals surface area contributed by atoms with Crippen LogP contribution in [0.1, 0.15) is 5.56 Å². The lowest BCUT2D eigenvalue weighted by Crippen LogP contribution is -2.37. The largest absolute Gasteiger partial charge is 0.332 e. The molecule has 2 aromatic heterocycles. The molecule has 3 aromatic rings. The standard InChI is InChI=1S/C14H12ClN5O4/c1-17-11-10(12(21)18(2)14(17)22)19(13(15)16-11)7-8-4-3-5-9(6-8)20(23)24/h3-6H,7H2,1-2H3. The number of halogens is 1. The normalized spacial score (nSPS) is 11.1. The van der Waals surface area contributed by atoms with Gasteiger partial charge in [-0.2, -0.15) is 4.98 Å². The first-order valence-corrected chi connectivity index (χ1v) is 7.24. The smallest absolute Gasteiger partial charge is 0.304 e. The van der Waals surface area contributed by atoms with E-state index in [2.05, 4.69) is 4.98 Å². The second kappa shape index (κ2) is 5.60. The minimum Gasteiger partial charge on any atom is -0.304 e. The average molecular weight is 350 g/mol. The van der Waals surface area contributed by atoms with Gasteiger partial charge in [-0.15, -0.1) is 0 Å². The summed E-state index contributed by atoms with van der Waals surface area (Å²) in [5, 5.41) is 10.9. The molecule has 0 aliphatic carbocycles. The number of nitrogens with zero attached hydrogens (tertiary/aromatic N) is 5. The van der Waals surface area contributed by atoms with Crippen molar-refractivity contribution >= 4 is 28.5 Å². The Bertz CT molecular complexity index is 1090. The van der Waals surface area contributed by atoms with Crippen molar-refractivity contribution in [1.82, 2.24) is 18.7 Å². The highest BCUT2D eigenvalue weighted by molar-refractivity contribution is 6.29. The Morgan fingerprint density at radius 3 is 2.62 bits per heavy atom. The van der Waals surface area contributed by atoms with Gasteiger partial charge in [-0.3, -0.25) is 24.0 Å². The molecule has 0 saturated carbocycles. The van der Waals surface area contributed by atoms with Crippen molar-refractivity contribution < 1.29 is 4.92 Å². The van der Waals surface area contributed by atoms with E-state index < -0.39 is 16.2 Å². The van der Waals surface area contributed by atoms with Crippen molar-refractivity contribution in [1.29, 1.82) is 0 Å². The SMILES string of the molecule is Cn1c(=O)c2c(nc(Cl)n2Cc2cccc([N+](=O)[O-])c2)n(C)c1=O.